The molecule has 126 valence electrons. The fraction of sp³-hybridized carbons (Fsp3) is 0.381. The van der Waals surface area contributed by atoms with E-state index in [0.29, 0.717) is 0 Å². The molecule has 0 bridgehead atoms. The molecular weight excluding hydrogens is 298 g/mol. The Hall–Kier alpha value is -2.13. The molecule has 1 aliphatic heterocycles. The van der Waals surface area contributed by atoms with Gasteiger partial charge in [-0.1, -0.05) is 60.7 Å². The van der Waals surface area contributed by atoms with Gasteiger partial charge in [-0.15, -0.1) is 0 Å². The summed E-state index contributed by atoms with van der Waals surface area (Å²) in [5.41, 5.74) is 2.56. The second kappa shape index (κ2) is 8.11. The van der Waals surface area contributed by atoms with E-state index in [1.54, 1.807) is 6.92 Å². The van der Waals surface area contributed by atoms with Crippen molar-refractivity contribution < 1.29 is 9.53 Å². The molecule has 0 radical (unpaired) electrons. The van der Waals surface area contributed by atoms with Crippen LogP contribution in [-0.4, -0.2) is 24.2 Å². The average Bonchev–Trinajstić information content (AvgIpc) is 2.56. The van der Waals surface area contributed by atoms with Crippen molar-refractivity contribution in [3.05, 3.63) is 71.8 Å². The summed E-state index contributed by atoms with van der Waals surface area (Å²) in [6.07, 6.45) is 3.82. The smallest absolute Gasteiger partial charge is 0.217 e. The predicted molar refractivity (Wildman–Crippen MR) is 95.8 cm³/mol. The summed E-state index contributed by atoms with van der Waals surface area (Å²) in [6.45, 7) is 1.59. The summed E-state index contributed by atoms with van der Waals surface area (Å²) in [5, 5.41) is 3.09. The van der Waals surface area contributed by atoms with Gasteiger partial charge in [0.05, 0.1) is 12.2 Å². The molecule has 24 heavy (non-hydrogen) atoms. The highest BCUT2D eigenvalue weighted by atomic mass is 16.5. The summed E-state index contributed by atoms with van der Waals surface area (Å²) >= 11 is 0. The quantitative estimate of drug-likeness (QED) is 0.914. The van der Waals surface area contributed by atoms with E-state index in [0.717, 1.165) is 25.7 Å². The molecule has 3 nitrogen and oxygen atoms in total. The number of carbonyl (C=O) groups excluding carboxylic acids is 1. The normalized spacial score (nSPS) is 23.6. The first kappa shape index (κ1) is 16.7. The van der Waals surface area contributed by atoms with Gasteiger partial charge in [-0.05, 0) is 36.8 Å². The Morgan fingerprint density at radius 2 is 1.38 bits per heavy atom. The Morgan fingerprint density at radius 3 is 1.79 bits per heavy atom. The van der Waals surface area contributed by atoms with Crippen LogP contribution in [-0.2, 0) is 22.4 Å². The lowest BCUT2D eigenvalue weighted by molar-refractivity contribution is -0.121. The zero-order valence-electron chi connectivity index (χ0n) is 14.2. The molecule has 0 aliphatic carbocycles. The number of carbonyl (C=O) groups is 1. The molecule has 0 aromatic heterocycles. The number of amides is 1. The summed E-state index contributed by atoms with van der Waals surface area (Å²) < 4.78 is 6.35. The van der Waals surface area contributed by atoms with Gasteiger partial charge in [0, 0.05) is 13.0 Å². The molecule has 3 atom stereocenters. The zero-order chi connectivity index (χ0) is 16.8. The van der Waals surface area contributed by atoms with Gasteiger partial charge in [0.15, 0.2) is 0 Å². The molecule has 1 amide bonds. The molecule has 3 rings (SSSR count). The summed E-state index contributed by atoms with van der Waals surface area (Å²) in [5.74, 6) is 0.0406. The van der Waals surface area contributed by atoms with E-state index >= 15 is 0 Å². The average molecular weight is 323 g/mol. The van der Waals surface area contributed by atoms with Gasteiger partial charge >= 0.3 is 0 Å². The third-order valence-electron chi connectivity index (χ3n) is 4.50. The van der Waals surface area contributed by atoms with Gasteiger partial charge in [-0.25, -0.2) is 0 Å². The molecular formula is C21H25NO2. The Kier molecular flexibility index (Phi) is 5.65. The lowest BCUT2D eigenvalue weighted by Gasteiger charge is -2.36. The van der Waals surface area contributed by atoms with Crippen molar-refractivity contribution >= 4 is 5.91 Å². The summed E-state index contributed by atoms with van der Waals surface area (Å²) in [6, 6.07) is 21.0. The van der Waals surface area contributed by atoms with Crippen LogP contribution in [0.25, 0.3) is 0 Å². The van der Waals surface area contributed by atoms with Crippen molar-refractivity contribution in [2.75, 3.05) is 0 Å². The van der Waals surface area contributed by atoms with Crippen LogP contribution in [0.1, 0.15) is 30.9 Å². The van der Waals surface area contributed by atoms with E-state index in [1.807, 2.05) is 12.1 Å². The molecule has 0 spiro atoms. The van der Waals surface area contributed by atoms with Crippen molar-refractivity contribution in [1.29, 1.82) is 0 Å². The lowest BCUT2D eigenvalue weighted by Crippen LogP contribution is -2.46. The minimum atomic E-state index is 0.0406. The molecule has 1 heterocycles. The minimum Gasteiger partial charge on any atom is -0.374 e. The third kappa shape index (κ3) is 4.93. The SMILES string of the molecule is CC(=O)NC1C[C@@H](Cc2ccccc2)O[C@@H](Cc2ccccc2)C1. The molecule has 1 aliphatic rings. The maximum absolute atomic E-state index is 11.5. The standard InChI is InChI=1S/C21H25NO2/c1-16(23)22-19-14-20(12-17-8-4-2-5-9-17)24-21(15-19)13-18-10-6-3-7-11-18/h2-11,19-21H,12-15H2,1H3,(H,22,23)/t19?,20-,21+. The van der Waals surface area contributed by atoms with Crippen molar-refractivity contribution in [2.45, 2.75) is 50.9 Å². The van der Waals surface area contributed by atoms with Gasteiger partial charge in [0.25, 0.3) is 0 Å². The van der Waals surface area contributed by atoms with Crippen LogP contribution in [0.4, 0.5) is 0 Å². The first-order chi connectivity index (χ1) is 11.7. The highest BCUT2D eigenvalue weighted by Gasteiger charge is 2.30. The van der Waals surface area contributed by atoms with Crippen LogP contribution < -0.4 is 5.32 Å². The first-order valence-electron chi connectivity index (χ1n) is 8.69. The highest BCUT2D eigenvalue weighted by Crippen LogP contribution is 2.25. The molecule has 2 aromatic rings. The van der Waals surface area contributed by atoms with Crippen LogP contribution in [0.15, 0.2) is 60.7 Å². The van der Waals surface area contributed by atoms with Crippen LogP contribution in [0.3, 0.4) is 0 Å². The number of nitrogens with one attached hydrogen (secondary N) is 1. The van der Waals surface area contributed by atoms with E-state index in [2.05, 4.69) is 53.8 Å². The van der Waals surface area contributed by atoms with Crippen molar-refractivity contribution in [2.24, 2.45) is 0 Å². The van der Waals surface area contributed by atoms with Gasteiger partial charge in [-0.3, -0.25) is 4.79 Å². The molecule has 2 aromatic carbocycles. The molecule has 0 saturated carbocycles. The van der Waals surface area contributed by atoms with Crippen molar-refractivity contribution in [3.8, 4) is 0 Å². The molecule has 1 fully saturated rings. The lowest BCUT2D eigenvalue weighted by atomic mass is 9.92. The number of ether oxygens (including phenoxy) is 1. The molecule has 1 unspecified atom stereocenters. The second-order valence-corrected chi connectivity index (χ2v) is 6.63. The highest BCUT2D eigenvalue weighted by molar-refractivity contribution is 5.73. The maximum Gasteiger partial charge on any atom is 0.217 e. The fourth-order valence-corrected chi connectivity index (χ4v) is 3.54. The Morgan fingerprint density at radius 1 is 0.917 bits per heavy atom. The van der Waals surface area contributed by atoms with E-state index in [4.69, 9.17) is 4.74 Å². The van der Waals surface area contributed by atoms with Crippen LogP contribution in [0.2, 0.25) is 0 Å². The predicted octanol–water partition coefficient (Wildman–Crippen LogP) is 3.52. The maximum atomic E-state index is 11.5. The van der Waals surface area contributed by atoms with E-state index in [9.17, 15) is 4.79 Å². The van der Waals surface area contributed by atoms with Crippen molar-refractivity contribution in [1.82, 2.24) is 5.32 Å². The fourth-order valence-electron chi connectivity index (χ4n) is 3.54. The summed E-state index contributed by atoms with van der Waals surface area (Å²) in [7, 11) is 0. The Bertz CT molecular complexity index is 592. The van der Waals surface area contributed by atoms with Gasteiger partial charge in [-0.2, -0.15) is 0 Å². The Balaban J connectivity index is 1.68. The van der Waals surface area contributed by atoms with E-state index in [-0.39, 0.29) is 24.2 Å². The number of hydrogen-bond donors (Lipinski definition) is 1. The number of rotatable bonds is 5. The van der Waals surface area contributed by atoms with Gasteiger partial charge in [0.1, 0.15) is 0 Å². The van der Waals surface area contributed by atoms with Crippen LogP contribution in [0, 0.1) is 0 Å². The third-order valence-corrected chi connectivity index (χ3v) is 4.50. The summed E-state index contributed by atoms with van der Waals surface area (Å²) in [4.78, 5) is 11.5. The first-order valence-corrected chi connectivity index (χ1v) is 8.69. The van der Waals surface area contributed by atoms with Crippen LogP contribution >= 0.6 is 0 Å². The van der Waals surface area contributed by atoms with Crippen LogP contribution in [0.5, 0.6) is 0 Å². The van der Waals surface area contributed by atoms with E-state index < -0.39 is 0 Å². The largest absolute Gasteiger partial charge is 0.374 e. The molecule has 1 saturated heterocycles. The topological polar surface area (TPSA) is 38.3 Å². The monoisotopic (exact) mass is 323 g/mol. The Labute approximate surface area is 144 Å². The van der Waals surface area contributed by atoms with Crippen molar-refractivity contribution in [3.63, 3.8) is 0 Å². The van der Waals surface area contributed by atoms with Gasteiger partial charge in [0.2, 0.25) is 5.91 Å². The second-order valence-electron chi connectivity index (χ2n) is 6.63. The zero-order valence-corrected chi connectivity index (χ0v) is 14.2. The number of benzene rings is 2. The van der Waals surface area contributed by atoms with E-state index in [1.165, 1.54) is 11.1 Å². The van der Waals surface area contributed by atoms with Gasteiger partial charge < -0.3 is 10.1 Å². The molecule has 1 N–H and O–H groups in total. The number of hydrogen-bond acceptors (Lipinski definition) is 2. The molecule has 3 heteroatoms. The minimum absolute atomic E-state index is 0.0406.